The minimum absolute atomic E-state index is 0.143. The summed E-state index contributed by atoms with van der Waals surface area (Å²) in [6.07, 6.45) is 5.22. The number of aromatic nitrogens is 3. The van der Waals surface area contributed by atoms with Crippen LogP contribution in [0.3, 0.4) is 0 Å². The fourth-order valence-corrected chi connectivity index (χ4v) is 3.58. The third-order valence-electron chi connectivity index (χ3n) is 4.36. The van der Waals surface area contributed by atoms with Crippen molar-refractivity contribution < 1.29 is 4.79 Å². The highest BCUT2D eigenvalue weighted by Crippen LogP contribution is 2.22. The van der Waals surface area contributed by atoms with Gasteiger partial charge < -0.3 is 5.32 Å². The predicted octanol–water partition coefficient (Wildman–Crippen LogP) is 4.23. The van der Waals surface area contributed by atoms with Crippen molar-refractivity contribution in [3.05, 3.63) is 88.6 Å². The van der Waals surface area contributed by atoms with Crippen molar-refractivity contribution in [1.82, 2.24) is 20.1 Å². The number of hydrogen-bond donors (Lipinski definition) is 1. The SMILES string of the molecule is Cc1c(C(=O)NCc2cncc(-c3ccsc3)c2)cnn1-c1ccccc1. The van der Waals surface area contributed by atoms with Gasteiger partial charge in [0.2, 0.25) is 0 Å². The smallest absolute Gasteiger partial charge is 0.255 e. The number of para-hydroxylation sites is 1. The summed E-state index contributed by atoms with van der Waals surface area (Å²) in [7, 11) is 0. The molecule has 0 bridgehead atoms. The lowest BCUT2D eigenvalue weighted by molar-refractivity contribution is 0.0950. The maximum absolute atomic E-state index is 12.6. The van der Waals surface area contributed by atoms with Crippen LogP contribution in [0.15, 0.2) is 71.8 Å². The van der Waals surface area contributed by atoms with Gasteiger partial charge in [0.05, 0.1) is 23.1 Å². The topological polar surface area (TPSA) is 59.8 Å². The fourth-order valence-electron chi connectivity index (χ4n) is 2.91. The van der Waals surface area contributed by atoms with Crippen LogP contribution in [0.5, 0.6) is 0 Å². The molecule has 4 aromatic rings. The van der Waals surface area contributed by atoms with E-state index in [1.54, 1.807) is 28.4 Å². The maximum atomic E-state index is 12.6. The molecule has 5 nitrogen and oxygen atoms in total. The van der Waals surface area contributed by atoms with Gasteiger partial charge in [-0.05, 0) is 53.1 Å². The molecule has 0 aliphatic heterocycles. The molecule has 6 heteroatoms. The van der Waals surface area contributed by atoms with E-state index in [0.29, 0.717) is 12.1 Å². The van der Waals surface area contributed by atoms with Gasteiger partial charge in [0.15, 0.2) is 0 Å². The van der Waals surface area contributed by atoms with Gasteiger partial charge in [0.1, 0.15) is 0 Å². The van der Waals surface area contributed by atoms with Crippen molar-refractivity contribution in [3.8, 4) is 16.8 Å². The molecular weight excluding hydrogens is 356 g/mol. The highest BCUT2D eigenvalue weighted by atomic mass is 32.1. The molecule has 0 atom stereocenters. The fraction of sp³-hybridized carbons (Fsp3) is 0.0952. The highest BCUT2D eigenvalue weighted by molar-refractivity contribution is 7.08. The molecule has 0 unspecified atom stereocenters. The molecule has 0 saturated carbocycles. The first-order valence-electron chi connectivity index (χ1n) is 8.57. The second-order valence-electron chi connectivity index (χ2n) is 6.17. The Balaban J connectivity index is 1.48. The van der Waals surface area contributed by atoms with Crippen molar-refractivity contribution in [2.75, 3.05) is 0 Å². The first-order chi connectivity index (χ1) is 13.2. The summed E-state index contributed by atoms with van der Waals surface area (Å²) in [5.41, 5.74) is 5.46. The average Bonchev–Trinajstić information content (AvgIpc) is 3.37. The van der Waals surface area contributed by atoms with E-state index in [2.05, 4.69) is 32.9 Å². The van der Waals surface area contributed by atoms with Gasteiger partial charge in [-0.1, -0.05) is 18.2 Å². The van der Waals surface area contributed by atoms with Crippen LogP contribution in [0.1, 0.15) is 21.6 Å². The molecule has 134 valence electrons. The summed E-state index contributed by atoms with van der Waals surface area (Å²) in [5, 5.41) is 11.4. The first kappa shape index (κ1) is 17.2. The molecule has 4 rings (SSSR count). The van der Waals surface area contributed by atoms with Gasteiger partial charge in [0, 0.05) is 24.5 Å². The number of nitrogens with zero attached hydrogens (tertiary/aromatic N) is 3. The van der Waals surface area contributed by atoms with E-state index in [1.807, 2.05) is 48.8 Å². The van der Waals surface area contributed by atoms with Crippen LogP contribution in [-0.2, 0) is 6.54 Å². The number of benzene rings is 1. The van der Waals surface area contributed by atoms with Crippen molar-refractivity contribution in [1.29, 1.82) is 0 Å². The lowest BCUT2D eigenvalue weighted by Gasteiger charge is -2.07. The number of thiophene rings is 1. The minimum Gasteiger partial charge on any atom is -0.348 e. The number of carbonyl (C=O) groups is 1. The number of nitrogens with one attached hydrogen (secondary N) is 1. The summed E-state index contributed by atoms with van der Waals surface area (Å²) in [4.78, 5) is 16.9. The van der Waals surface area contributed by atoms with E-state index in [1.165, 1.54) is 0 Å². The second kappa shape index (κ2) is 7.55. The zero-order valence-corrected chi connectivity index (χ0v) is 15.6. The van der Waals surface area contributed by atoms with Gasteiger partial charge in [-0.2, -0.15) is 16.4 Å². The first-order valence-corrected chi connectivity index (χ1v) is 9.51. The van der Waals surface area contributed by atoms with Crippen LogP contribution in [0.25, 0.3) is 16.8 Å². The molecule has 0 spiro atoms. The van der Waals surface area contributed by atoms with Crippen molar-refractivity contribution in [3.63, 3.8) is 0 Å². The van der Waals surface area contributed by atoms with Gasteiger partial charge in [-0.15, -0.1) is 0 Å². The van der Waals surface area contributed by atoms with Crippen molar-refractivity contribution in [2.45, 2.75) is 13.5 Å². The molecule has 0 radical (unpaired) electrons. The van der Waals surface area contributed by atoms with Gasteiger partial charge in [-0.25, -0.2) is 4.68 Å². The van der Waals surface area contributed by atoms with E-state index >= 15 is 0 Å². The molecule has 1 aromatic carbocycles. The number of carbonyl (C=O) groups excluding carboxylic acids is 1. The number of hydrogen-bond acceptors (Lipinski definition) is 4. The lowest BCUT2D eigenvalue weighted by Crippen LogP contribution is -2.23. The quantitative estimate of drug-likeness (QED) is 0.569. The molecule has 0 fully saturated rings. The van der Waals surface area contributed by atoms with Crippen LogP contribution >= 0.6 is 11.3 Å². The van der Waals surface area contributed by atoms with E-state index in [4.69, 9.17) is 0 Å². The van der Waals surface area contributed by atoms with Gasteiger partial charge in [-0.3, -0.25) is 9.78 Å². The van der Waals surface area contributed by atoms with Crippen LogP contribution in [0.2, 0.25) is 0 Å². The van der Waals surface area contributed by atoms with E-state index in [0.717, 1.165) is 28.1 Å². The third-order valence-corrected chi connectivity index (χ3v) is 5.04. The van der Waals surface area contributed by atoms with Gasteiger partial charge in [0.25, 0.3) is 5.91 Å². The van der Waals surface area contributed by atoms with E-state index < -0.39 is 0 Å². The Morgan fingerprint density at radius 1 is 1.11 bits per heavy atom. The molecule has 3 heterocycles. The molecule has 1 N–H and O–H groups in total. The van der Waals surface area contributed by atoms with E-state index in [9.17, 15) is 4.79 Å². The predicted molar refractivity (Wildman–Crippen MR) is 107 cm³/mol. The number of pyridine rings is 1. The monoisotopic (exact) mass is 374 g/mol. The summed E-state index contributed by atoms with van der Waals surface area (Å²) < 4.78 is 1.77. The van der Waals surface area contributed by atoms with Crippen molar-refractivity contribution in [2.24, 2.45) is 0 Å². The summed E-state index contributed by atoms with van der Waals surface area (Å²) >= 11 is 1.65. The maximum Gasteiger partial charge on any atom is 0.255 e. The molecule has 0 aliphatic rings. The Labute approximate surface area is 161 Å². The van der Waals surface area contributed by atoms with E-state index in [-0.39, 0.29) is 5.91 Å². The summed E-state index contributed by atoms with van der Waals surface area (Å²) in [6.45, 7) is 2.31. The Hall–Kier alpha value is -3.25. The highest BCUT2D eigenvalue weighted by Gasteiger charge is 2.15. The average molecular weight is 374 g/mol. The normalized spacial score (nSPS) is 10.7. The molecule has 0 saturated heterocycles. The lowest BCUT2D eigenvalue weighted by atomic mass is 10.1. The van der Waals surface area contributed by atoms with Gasteiger partial charge >= 0.3 is 0 Å². The Morgan fingerprint density at radius 3 is 2.74 bits per heavy atom. The van der Waals surface area contributed by atoms with Crippen LogP contribution < -0.4 is 5.32 Å². The van der Waals surface area contributed by atoms with Crippen LogP contribution in [-0.4, -0.2) is 20.7 Å². The Morgan fingerprint density at radius 2 is 1.96 bits per heavy atom. The molecular formula is C21H18N4OS. The number of rotatable bonds is 5. The molecule has 0 aliphatic carbocycles. The minimum atomic E-state index is -0.143. The zero-order chi connectivity index (χ0) is 18.6. The Kier molecular flexibility index (Phi) is 4.80. The largest absolute Gasteiger partial charge is 0.348 e. The zero-order valence-electron chi connectivity index (χ0n) is 14.8. The third kappa shape index (κ3) is 3.66. The molecule has 3 aromatic heterocycles. The van der Waals surface area contributed by atoms with Crippen LogP contribution in [0.4, 0.5) is 0 Å². The summed E-state index contributed by atoms with van der Waals surface area (Å²) in [6, 6.07) is 13.9. The second-order valence-corrected chi connectivity index (χ2v) is 6.95. The number of amides is 1. The molecule has 1 amide bonds. The van der Waals surface area contributed by atoms with Crippen molar-refractivity contribution >= 4 is 17.2 Å². The molecule has 27 heavy (non-hydrogen) atoms. The summed E-state index contributed by atoms with van der Waals surface area (Å²) in [5.74, 6) is -0.143. The standard InChI is InChI=1S/C21H18N4OS/c1-15-20(13-24-25(15)19-5-3-2-4-6-19)21(26)23-11-16-9-18(12-22-10-16)17-7-8-27-14-17/h2-10,12-14H,11H2,1H3,(H,23,26). The van der Waals surface area contributed by atoms with Crippen LogP contribution in [0, 0.1) is 6.92 Å². The Bertz CT molecular complexity index is 1060.